The van der Waals surface area contributed by atoms with Crippen LogP contribution in [0, 0.1) is 11.3 Å². The highest BCUT2D eigenvalue weighted by Crippen LogP contribution is 2.27. The topological polar surface area (TPSA) is 50.1 Å². The average Bonchev–Trinajstić information content (AvgIpc) is 2.41. The summed E-state index contributed by atoms with van der Waals surface area (Å²) in [7, 11) is 0. The van der Waals surface area contributed by atoms with Gasteiger partial charge in [0.2, 0.25) is 0 Å². The molecule has 0 atom stereocenters. The lowest BCUT2D eigenvalue weighted by Gasteiger charge is -2.09. The fourth-order valence-corrected chi connectivity index (χ4v) is 2.20. The van der Waals surface area contributed by atoms with Crippen LogP contribution >= 0.6 is 11.6 Å². The molecule has 0 fully saturated rings. The standard InChI is InChI=1S/C15H12ClNO2/c1-2-19-15(18)8-13-12-5-3-10(9-17)7-11(12)4-6-14(13)16/h3-7H,2,8H2,1H3. The smallest absolute Gasteiger partial charge is 0.310 e. The summed E-state index contributed by atoms with van der Waals surface area (Å²) in [5.74, 6) is -0.304. The maximum atomic E-state index is 11.6. The molecule has 0 aliphatic heterocycles. The van der Waals surface area contributed by atoms with E-state index in [0.29, 0.717) is 17.2 Å². The van der Waals surface area contributed by atoms with Crippen molar-refractivity contribution in [1.82, 2.24) is 0 Å². The molecule has 0 radical (unpaired) electrons. The number of hydrogen-bond donors (Lipinski definition) is 0. The van der Waals surface area contributed by atoms with Gasteiger partial charge in [0.25, 0.3) is 0 Å². The Morgan fingerprint density at radius 1 is 1.37 bits per heavy atom. The van der Waals surface area contributed by atoms with E-state index in [0.717, 1.165) is 16.3 Å². The molecule has 0 N–H and O–H groups in total. The van der Waals surface area contributed by atoms with Gasteiger partial charge in [0.1, 0.15) is 0 Å². The van der Waals surface area contributed by atoms with E-state index in [1.807, 2.05) is 12.1 Å². The van der Waals surface area contributed by atoms with Crippen molar-refractivity contribution in [1.29, 1.82) is 5.26 Å². The fourth-order valence-electron chi connectivity index (χ4n) is 1.97. The van der Waals surface area contributed by atoms with Crippen LogP contribution in [0.2, 0.25) is 5.02 Å². The van der Waals surface area contributed by atoms with Crippen molar-refractivity contribution in [2.24, 2.45) is 0 Å². The first-order valence-corrected chi connectivity index (χ1v) is 6.30. The number of carbonyl (C=O) groups excluding carboxylic acids is 1. The van der Waals surface area contributed by atoms with Gasteiger partial charge in [-0.05, 0) is 41.5 Å². The lowest BCUT2D eigenvalue weighted by molar-refractivity contribution is -0.142. The van der Waals surface area contributed by atoms with Gasteiger partial charge in [-0.2, -0.15) is 5.26 Å². The van der Waals surface area contributed by atoms with Crippen LogP contribution in [0.5, 0.6) is 0 Å². The van der Waals surface area contributed by atoms with E-state index in [4.69, 9.17) is 21.6 Å². The van der Waals surface area contributed by atoms with Gasteiger partial charge in [-0.15, -0.1) is 0 Å². The molecule has 0 amide bonds. The van der Waals surface area contributed by atoms with Crippen molar-refractivity contribution in [2.45, 2.75) is 13.3 Å². The Kier molecular flexibility index (Phi) is 4.03. The molecule has 0 saturated carbocycles. The molecule has 0 aliphatic carbocycles. The molecule has 2 aromatic rings. The van der Waals surface area contributed by atoms with E-state index < -0.39 is 0 Å². The van der Waals surface area contributed by atoms with Crippen LogP contribution in [-0.2, 0) is 16.0 Å². The predicted molar refractivity (Wildman–Crippen MR) is 74.0 cm³/mol. The molecule has 4 heteroatoms. The number of hydrogen-bond acceptors (Lipinski definition) is 3. The van der Waals surface area contributed by atoms with Crippen LogP contribution in [0.1, 0.15) is 18.1 Å². The van der Waals surface area contributed by atoms with E-state index in [-0.39, 0.29) is 12.4 Å². The van der Waals surface area contributed by atoms with Crippen molar-refractivity contribution in [2.75, 3.05) is 6.61 Å². The van der Waals surface area contributed by atoms with E-state index in [1.54, 1.807) is 25.1 Å². The number of carbonyl (C=O) groups is 1. The van der Waals surface area contributed by atoms with Gasteiger partial charge in [0.05, 0.1) is 24.7 Å². The molecule has 0 aliphatic rings. The lowest BCUT2D eigenvalue weighted by atomic mass is 10.0. The zero-order valence-corrected chi connectivity index (χ0v) is 11.2. The molecule has 96 valence electrons. The first kappa shape index (κ1) is 13.4. The van der Waals surface area contributed by atoms with E-state index in [2.05, 4.69) is 6.07 Å². The van der Waals surface area contributed by atoms with Gasteiger partial charge in [0.15, 0.2) is 0 Å². The number of benzene rings is 2. The first-order valence-electron chi connectivity index (χ1n) is 5.92. The summed E-state index contributed by atoms with van der Waals surface area (Å²) in [5, 5.41) is 11.2. The molecule has 0 heterocycles. The van der Waals surface area contributed by atoms with Crippen LogP contribution in [0.25, 0.3) is 10.8 Å². The molecular formula is C15H12ClNO2. The first-order chi connectivity index (χ1) is 9.15. The summed E-state index contributed by atoms with van der Waals surface area (Å²) < 4.78 is 4.94. The number of ether oxygens (including phenoxy) is 1. The van der Waals surface area contributed by atoms with Crippen LogP contribution in [-0.4, -0.2) is 12.6 Å². The van der Waals surface area contributed by atoms with Crippen LogP contribution < -0.4 is 0 Å². The zero-order chi connectivity index (χ0) is 13.8. The Balaban J connectivity index is 2.50. The molecule has 2 rings (SSSR count). The minimum atomic E-state index is -0.304. The highest BCUT2D eigenvalue weighted by molar-refractivity contribution is 6.32. The second kappa shape index (κ2) is 5.73. The number of halogens is 1. The largest absolute Gasteiger partial charge is 0.466 e. The maximum Gasteiger partial charge on any atom is 0.310 e. The maximum absolute atomic E-state index is 11.6. The average molecular weight is 274 g/mol. The molecular weight excluding hydrogens is 262 g/mol. The number of rotatable bonds is 3. The van der Waals surface area contributed by atoms with Crippen molar-refractivity contribution < 1.29 is 9.53 Å². The minimum Gasteiger partial charge on any atom is -0.466 e. The molecule has 0 spiro atoms. The molecule has 3 nitrogen and oxygen atoms in total. The van der Waals surface area contributed by atoms with Gasteiger partial charge < -0.3 is 4.74 Å². The van der Waals surface area contributed by atoms with Crippen LogP contribution in [0.4, 0.5) is 0 Å². The van der Waals surface area contributed by atoms with E-state index >= 15 is 0 Å². The van der Waals surface area contributed by atoms with Crippen molar-refractivity contribution >= 4 is 28.3 Å². The van der Waals surface area contributed by atoms with Crippen molar-refractivity contribution in [3.05, 3.63) is 46.5 Å². The SMILES string of the molecule is CCOC(=O)Cc1c(Cl)ccc2cc(C#N)ccc12. The van der Waals surface area contributed by atoms with Crippen molar-refractivity contribution in [3.63, 3.8) is 0 Å². The third-order valence-corrected chi connectivity index (χ3v) is 3.18. The summed E-state index contributed by atoms with van der Waals surface area (Å²) in [6.45, 7) is 2.11. The Morgan fingerprint density at radius 3 is 2.84 bits per heavy atom. The monoisotopic (exact) mass is 273 g/mol. The Labute approximate surface area is 116 Å². The highest BCUT2D eigenvalue weighted by Gasteiger charge is 2.12. The minimum absolute atomic E-state index is 0.135. The highest BCUT2D eigenvalue weighted by atomic mass is 35.5. The van der Waals surface area contributed by atoms with Crippen LogP contribution in [0.3, 0.4) is 0 Å². The normalized spacial score (nSPS) is 10.2. The summed E-state index contributed by atoms with van der Waals surface area (Å²) in [6.07, 6.45) is 0.135. The van der Waals surface area contributed by atoms with Gasteiger partial charge in [-0.25, -0.2) is 0 Å². The molecule has 0 unspecified atom stereocenters. The number of nitriles is 1. The quantitative estimate of drug-likeness (QED) is 0.805. The second-order valence-electron chi connectivity index (χ2n) is 4.06. The third kappa shape index (κ3) is 2.86. The Morgan fingerprint density at radius 2 is 2.16 bits per heavy atom. The van der Waals surface area contributed by atoms with Crippen LogP contribution in [0.15, 0.2) is 30.3 Å². The van der Waals surface area contributed by atoms with Gasteiger partial charge >= 0.3 is 5.97 Å². The molecule has 0 aromatic heterocycles. The van der Waals surface area contributed by atoms with Gasteiger partial charge in [-0.3, -0.25) is 4.79 Å². The molecule has 0 saturated heterocycles. The summed E-state index contributed by atoms with van der Waals surface area (Å²) in [5.41, 5.74) is 1.32. The number of esters is 1. The van der Waals surface area contributed by atoms with E-state index in [1.165, 1.54) is 0 Å². The summed E-state index contributed by atoms with van der Waals surface area (Å²) >= 11 is 6.15. The Bertz CT molecular complexity index is 674. The van der Waals surface area contributed by atoms with Crippen molar-refractivity contribution in [3.8, 4) is 6.07 Å². The molecule has 2 aromatic carbocycles. The molecule has 19 heavy (non-hydrogen) atoms. The molecule has 0 bridgehead atoms. The third-order valence-electron chi connectivity index (χ3n) is 2.83. The van der Waals surface area contributed by atoms with Gasteiger partial charge in [0, 0.05) is 5.02 Å². The number of fused-ring (bicyclic) bond motifs is 1. The van der Waals surface area contributed by atoms with Gasteiger partial charge in [-0.1, -0.05) is 23.7 Å². The predicted octanol–water partition coefficient (Wildman–Crippen LogP) is 3.47. The second-order valence-corrected chi connectivity index (χ2v) is 4.46. The van der Waals surface area contributed by atoms with E-state index in [9.17, 15) is 4.79 Å². The summed E-state index contributed by atoms with van der Waals surface area (Å²) in [6, 6.07) is 11.0. The fraction of sp³-hybridized carbons (Fsp3) is 0.200. The zero-order valence-electron chi connectivity index (χ0n) is 10.4. The number of nitrogens with zero attached hydrogens (tertiary/aromatic N) is 1. The lowest BCUT2D eigenvalue weighted by Crippen LogP contribution is -2.08. The Hall–Kier alpha value is -2.05. The summed E-state index contributed by atoms with van der Waals surface area (Å²) in [4.78, 5) is 11.6.